The Morgan fingerprint density at radius 2 is 1.21 bits per heavy atom. The Hall–Kier alpha value is -6.19. The maximum atomic E-state index is 13.6. The van der Waals surface area contributed by atoms with Gasteiger partial charge in [0.15, 0.2) is 0 Å². The third kappa shape index (κ3) is 7.87. The summed E-state index contributed by atoms with van der Waals surface area (Å²) in [6.45, 7) is 9.07. The first-order valence-electron chi connectivity index (χ1n) is 19.8. The van der Waals surface area contributed by atoms with Crippen molar-refractivity contribution in [2.45, 2.75) is 84.1 Å². The lowest BCUT2D eigenvalue weighted by Gasteiger charge is -2.30. The molecule has 5 heterocycles. The zero-order valence-corrected chi connectivity index (χ0v) is 33.7. The van der Waals surface area contributed by atoms with Gasteiger partial charge in [-0.25, -0.2) is 19.6 Å². The molecule has 2 unspecified atom stereocenters. The smallest absolute Gasteiger partial charge is 0.407 e. The number of hydrogen-bond donors (Lipinski definition) is 4. The Labute approximate surface area is 337 Å². The number of H-pyrrole nitrogens is 2. The summed E-state index contributed by atoms with van der Waals surface area (Å²) in [4.78, 5) is 86.2. The van der Waals surface area contributed by atoms with E-state index in [0.717, 1.165) is 59.4 Å². The maximum Gasteiger partial charge on any atom is 0.407 e. The molecule has 7 rings (SSSR count). The highest BCUT2D eigenvalue weighted by Crippen LogP contribution is 2.36. The second kappa shape index (κ2) is 16.7. The number of amides is 5. The predicted molar refractivity (Wildman–Crippen MR) is 214 cm³/mol. The van der Waals surface area contributed by atoms with E-state index < -0.39 is 24.3 Å². The van der Waals surface area contributed by atoms with Crippen LogP contribution in [0.25, 0.3) is 22.5 Å². The molecule has 4 atom stereocenters. The largest absolute Gasteiger partial charge is 0.453 e. The normalized spacial score (nSPS) is 18.8. The molecule has 0 radical (unpaired) electrons. The van der Waals surface area contributed by atoms with Gasteiger partial charge < -0.3 is 44.8 Å². The average Bonchev–Trinajstić information content (AvgIpc) is 4.08. The van der Waals surface area contributed by atoms with Gasteiger partial charge in [-0.2, -0.15) is 0 Å². The molecular formula is C42H51N9O7. The van der Waals surface area contributed by atoms with Crippen LogP contribution in [0.1, 0.15) is 93.0 Å². The van der Waals surface area contributed by atoms with Crippen molar-refractivity contribution < 1.29 is 33.4 Å². The Bertz CT molecular complexity index is 2180. The zero-order chi connectivity index (χ0) is 41.2. The minimum absolute atomic E-state index is 0.0869. The quantitative estimate of drug-likeness (QED) is 0.147. The molecule has 3 aliphatic heterocycles. The number of imidazole rings is 2. The molecular weight excluding hydrogens is 743 g/mol. The van der Waals surface area contributed by atoms with Crippen LogP contribution >= 0.6 is 0 Å². The number of methoxy groups -OCH3 is 2. The standard InChI is InChI=1S/C42H51N9O7/c1-23(2)34(47-41(55)57-5)39(53)49-17-7-9-32(49)36-43-20-30(45-36)25-11-14-28(15-12-25)51-22-27-19-26(13-16-29(27)38(51)52)31-21-44-37(46-31)33-10-8-18-50(33)40(54)35(24(3)4)48-42(56)58-6/h11-16,19-21,23-24,32-35H,7-10,17-18,22H2,1-6H3,(H,43,45)(H,44,46)(H,47,55)(H,48,56)/t32?,33-,34+,35?/m0/s1. The molecule has 0 saturated carbocycles. The van der Waals surface area contributed by atoms with Gasteiger partial charge in [0.25, 0.3) is 5.91 Å². The molecule has 306 valence electrons. The lowest BCUT2D eigenvalue weighted by Crippen LogP contribution is -2.51. The molecule has 4 aromatic rings. The molecule has 2 aromatic heterocycles. The summed E-state index contributed by atoms with van der Waals surface area (Å²) in [5.41, 5.74) is 5.61. The van der Waals surface area contributed by atoms with Gasteiger partial charge >= 0.3 is 12.2 Å². The number of anilines is 1. The number of alkyl carbamates (subject to hydrolysis) is 2. The van der Waals surface area contributed by atoms with Crippen LogP contribution in [0, 0.1) is 11.8 Å². The number of likely N-dealkylation sites (tertiary alicyclic amines) is 2. The highest BCUT2D eigenvalue weighted by Gasteiger charge is 2.39. The van der Waals surface area contributed by atoms with Crippen molar-refractivity contribution in [3.63, 3.8) is 0 Å². The van der Waals surface area contributed by atoms with Crippen LogP contribution in [-0.4, -0.2) is 99.0 Å². The van der Waals surface area contributed by atoms with Crippen LogP contribution in [-0.2, 0) is 25.6 Å². The van der Waals surface area contributed by atoms with Gasteiger partial charge in [-0.05, 0) is 78.5 Å². The van der Waals surface area contributed by atoms with Crippen molar-refractivity contribution in [3.8, 4) is 22.5 Å². The monoisotopic (exact) mass is 793 g/mol. The molecule has 5 amide bonds. The first-order valence-corrected chi connectivity index (χ1v) is 19.8. The molecule has 0 spiro atoms. The van der Waals surface area contributed by atoms with Crippen LogP contribution in [0.4, 0.5) is 15.3 Å². The molecule has 0 aliphatic carbocycles. The van der Waals surface area contributed by atoms with Crippen LogP contribution in [0.15, 0.2) is 54.9 Å². The number of aromatic amines is 2. The van der Waals surface area contributed by atoms with Gasteiger partial charge in [0.05, 0.1) is 56.6 Å². The number of ether oxygens (including phenoxy) is 2. The van der Waals surface area contributed by atoms with Crippen molar-refractivity contribution in [1.82, 2.24) is 40.4 Å². The van der Waals surface area contributed by atoms with E-state index in [2.05, 4.69) is 30.6 Å². The summed E-state index contributed by atoms with van der Waals surface area (Å²) in [5.74, 6) is 0.666. The van der Waals surface area contributed by atoms with Crippen molar-refractivity contribution in [2.75, 3.05) is 32.2 Å². The van der Waals surface area contributed by atoms with E-state index in [-0.39, 0.29) is 41.6 Å². The zero-order valence-electron chi connectivity index (χ0n) is 33.7. The predicted octanol–water partition coefficient (Wildman–Crippen LogP) is 5.72. The lowest BCUT2D eigenvalue weighted by atomic mass is 10.0. The number of aromatic nitrogens is 4. The minimum atomic E-state index is -0.719. The van der Waals surface area contributed by atoms with E-state index in [1.54, 1.807) is 27.1 Å². The first-order chi connectivity index (χ1) is 27.9. The van der Waals surface area contributed by atoms with E-state index in [9.17, 15) is 24.0 Å². The third-order valence-corrected chi connectivity index (χ3v) is 11.4. The van der Waals surface area contributed by atoms with Crippen molar-refractivity contribution >= 4 is 35.6 Å². The highest BCUT2D eigenvalue weighted by atomic mass is 16.5. The van der Waals surface area contributed by atoms with Crippen molar-refractivity contribution in [2.24, 2.45) is 11.8 Å². The second-order valence-electron chi connectivity index (χ2n) is 15.8. The summed E-state index contributed by atoms with van der Waals surface area (Å²) in [5, 5.41) is 5.36. The number of carbonyl (C=O) groups is 5. The highest BCUT2D eigenvalue weighted by molar-refractivity contribution is 6.10. The first kappa shape index (κ1) is 40.0. The Morgan fingerprint density at radius 1 is 0.724 bits per heavy atom. The Balaban J connectivity index is 1.02. The number of benzene rings is 2. The SMILES string of the molecule is COC(=O)NC(C(=O)N1CCC[C@H]1c1ncc(-c2ccc3c(c2)CN(c2ccc(-c4cnc(C5CCCN5C(=O)[C@H](NC(=O)OC)C(C)C)[nH]4)cc2)C3=O)[nH]1)C(C)C. The van der Waals surface area contributed by atoms with E-state index in [1.165, 1.54) is 14.2 Å². The maximum absolute atomic E-state index is 13.6. The second-order valence-corrected chi connectivity index (χ2v) is 15.8. The van der Waals surface area contributed by atoms with Crippen LogP contribution in [0.3, 0.4) is 0 Å². The molecule has 16 nitrogen and oxygen atoms in total. The molecule has 2 fully saturated rings. The van der Waals surface area contributed by atoms with Gasteiger partial charge in [-0.15, -0.1) is 0 Å². The lowest BCUT2D eigenvalue weighted by molar-refractivity contribution is -0.136. The summed E-state index contributed by atoms with van der Waals surface area (Å²) in [6, 6.07) is 11.5. The molecule has 0 bridgehead atoms. The van der Waals surface area contributed by atoms with E-state index in [4.69, 9.17) is 9.47 Å². The summed E-state index contributed by atoms with van der Waals surface area (Å²) < 4.78 is 9.51. The summed E-state index contributed by atoms with van der Waals surface area (Å²) in [6.07, 6.45) is 5.35. The van der Waals surface area contributed by atoms with Gasteiger partial charge in [0.2, 0.25) is 11.8 Å². The summed E-state index contributed by atoms with van der Waals surface area (Å²) in [7, 11) is 2.55. The van der Waals surface area contributed by atoms with Crippen molar-refractivity contribution in [1.29, 1.82) is 0 Å². The molecule has 58 heavy (non-hydrogen) atoms. The number of rotatable bonds is 11. The topological polar surface area (TPSA) is 195 Å². The van der Waals surface area contributed by atoms with E-state index in [0.29, 0.717) is 36.8 Å². The summed E-state index contributed by atoms with van der Waals surface area (Å²) >= 11 is 0. The van der Waals surface area contributed by atoms with E-state index in [1.807, 2.05) is 70.2 Å². The Morgan fingerprint density at radius 3 is 1.69 bits per heavy atom. The fraction of sp³-hybridized carbons (Fsp3) is 0.452. The fourth-order valence-corrected chi connectivity index (χ4v) is 8.21. The molecule has 3 aliphatic rings. The number of nitrogens with one attached hydrogen (secondary N) is 4. The van der Waals surface area contributed by atoms with Crippen LogP contribution in [0.5, 0.6) is 0 Å². The number of fused-ring (bicyclic) bond motifs is 1. The van der Waals surface area contributed by atoms with Crippen LogP contribution < -0.4 is 15.5 Å². The molecule has 2 saturated heterocycles. The van der Waals surface area contributed by atoms with Crippen molar-refractivity contribution in [3.05, 3.63) is 77.6 Å². The average molecular weight is 794 g/mol. The minimum Gasteiger partial charge on any atom is -0.453 e. The third-order valence-electron chi connectivity index (χ3n) is 11.4. The Kier molecular flexibility index (Phi) is 11.5. The van der Waals surface area contributed by atoms with Gasteiger partial charge in [0, 0.05) is 24.3 Å². The molecule has 4 N–H and O–H groups in total. The number of hydrogen-bond acceptors (Lipinski definition) is 9. The van der Waals surface area contributed by atoms with E-state index >= 15 is 0 Å². The molecule has 16 heteroatoms. The number of nitrogens with zero attached hydrogens (tertiary/aromatic N) is 5. The van der Waals surface area contributed by atoms with Gasteiger partial charge in [-0.1, -0.05) is 45.9 Å². The number of carbonyl (C=O) groups excluding carboxylic acids is 5. The van der Waals surface area contributed by atoms with Gasteiger partial charge in [0.1, 0.15) is 23.7 Å². The molecule has 2 aromatic carbocycles. The fourth-order valence-electron chi connectivity index (χ4n) is 8.21. The van der Waals surface area contributed by atoms with Gasteiger partial charge in [-0.3, -0.25) is 14.4 Å². The van der Waals surface area contributed by atoms with Crippen LogP contribution in [0.2, 0.25) is 0 Å².